The Balaban J connectivity index is 0.000000279. The zero-order valence-corrected chi connectivity index (χ0v) is 16.1. The van der Waals surface area contributed by atoms with E-state index in [1.54, 1.807) is 5.56 Å². The van der Waals surface area contributed by atoms with Gasteiger partial charge in [-0.15, -0.1) is 0 Å². The molecule has 27 heavy (non-hydrogen) atoms. The van der Waals surface area contributed by atoms with Gasteiger partial charge >= 0.3 is 11.9 Å². The maximum Gasteiger partial charge on any atom is 0.328 e. The van der Waals surface area contributed by atoms with Gasteiger partial charge in [0.1, 0.15) is 0 Å². The summed E-state index contributed by atoms with van der Waals surface area (Å²) in [5.41, 5.74) is 3.03. The fraction of sp³-hybridized carbons (Fsp3) is 0.524. The van der Waals surface area contributed by atoms with Crippen molar-refractivity contribution in [3.8, 4) is 0 Å². The Morgan fingerprint density at radius 1 is 1.19 bits per heavy atom. The molecule has 0 aromatic heterocycles. The van der Waals surface area contributed by atoms with Crippen LogP contribution in [0.5, 0.6) is 0 Å². The van der Waals surface area contributed by atoms with Crippen LogP contribution in [0.3, 0.4) is 0 Å². The predicted octanol–water partition coefficient (Wildman–Crippen LogP) is 3.28. The van der Waals surface area contributed by atoms with Crippen LogP contribution in [0, 0.1) is 5.92 Å². The molecule has 3 rings (SSSR count). The molecule has 1 aliphatic heterocycles. The van der Waals surface area contributed by atoms with Crippen LogP contribution in [-0.2, 0) is 16.0 Å². The molecular formula is C21H30N2O4. The van der Waals surface area contributed by atoms with Gasteiger partial charge in [0.15, 0.2) is 0 Å². The second-order valence-electron chi connectivity index (χ2n) is 7.07. The molecule has 0 saturated heterocycles. The summed E-state index contributed by atoms with van der Waals surface area (Å²) in [7, 11) is 2.10. The molecule has 0 amide bonds. The van der Waals surface area contributed by atoms with Crippen molar-refractivity contribution >= 4 is 17.6 Å². The van der Waals surface area contributed by atoms with E-state index in [4.69, 9.17) is 10.2 Å². The molecule has 148 valence electrons. The summed E-state index contributed by atoms with van der Waals surface area (Å²) >= 11 is 0. The van der Waals surface area contributed by atoms with Crippen LogP contribution in [0.4, 0.5) is 5.69 Å². The second kappa shape index (κ2) is 10.1. The normalized spacial score (nSPS) is 22.2. The molecular weight excluding hydrogens is 344 g/mol. The molecule has 3 atom stereocenters. The third-order valence-corrected chi connectivity index (χ3v) is 5.40. The zero-order valence-electron chi connectivity index (χ0n) is 16.1. The first-order valence-electron chi connectivity index (χ1n) is 9.65. The lowest BCUT2D eigenvalue weighted by Crippen LogP contribution is -2.55. The number of carboxylic acids is 2. The van der Waals surface area contributed by atoms with Crippen molar-refractivity contribution in [2.24, 2.45) is 5.92 Å². The van der Waals surface area contributed by atoms with Gasteiger partial charge in [-0.05, 0) is 50.3 Å². The Morgan fingerprint density at radius 2 is 1.81 bits per heavy atom. The van der Waals surface area contributed by atoms with E-state index in [2.05, 4.69) is 48.5 Å². The number of fused-ring (bicyclic) bond motifs is 2. The SMILES string of the molecule is CCC(NC)N1c2ccccc2C[C@@H]2CCCC[C@H]21.O=C(O)/C=C\C(=O)O. The van der Waals surface area contributed by atoms with E-state index in [-0.39, 0.29) is 0 Å². The molecule has 1 aromatic carbocycles. The fourth-order valence-corrected chi connectivity index (χ4v) is 4.27. The number of hydrogen-bond acceptors (Lipinski definition) is 4. The third-order valence-electron chi connectivity index (χ3n) is 5.40. The van der Waals surface area contributed by atoms with Crippen molar-refractivity contribution in [1.29, 1.82) is 0 Å². The van der Waals surface area contributed by atoms with Gasteiger partial charge in [-0.25, -0.2) is 9.59 Å². The van der Waals surface area contributed by atoms with Gasteiger partial charge < -0.3 is 20.4 Å². The number of carbonyl (C=O) groups is 2. The molecule has 3 N–H and O–H groups in total. The van der Waals surface area contributed by atoms with E-state index in [0.717, 1.165) is 18.4 Å². The largest absolute Gasteiger partial charge is 0.478 e. The summed E-state index contributed by atoms with van der Waals surface area (Å²) in [5, 5.41) is 19.1. The smallest absolute Gasteiger partial charge is 0.328 e. The number of nitrogens with one attached hydrogen (secondary N) is 1. The van der Waals surface area contributed by atoms with Crippen LogP contribution in [0.1, 0.15) is 44.6 Å². The van der Waals surface area contributed by atoms with E-state index in [0.29, 0.717) is 18.3 Å². The first-order valence-corrected chi connectivity index (χ1v) is 9.65. The molecule has 1 aliphatic carbocycles. The van der Waals surface area contributed by atoms with Crippen molar-refractivity contribution in [2.45, 2.75) is 57.7 Å². The van der Waals surface area contributed by atoms with E-state index >= 15 is 0 Å². The molecule has 2 aliphatic rings. The summed E-state index contributed by atoms with van der Waals surface area (Å²) in [6.07, 6.45) is 9.66. The molecule has 1 unspecified atom stereocenters. The summed E-state index contributed by atoms with van der Waals surface area (Å²) < 4.78 is 0. The summed E-state index contributed by atoms with van der Waals surface area (Å²) in [5.74, 6) is -1.65. The Labute approximate surface area is 160 Å². The fourth-order valence-electron chi connectivity index (χ4n) is 4.27. The predicted molar refractivity (Wildman–Crippen MR) is 106 cm³/mol. The summed E-state index contributed by atoms with van der Waals surface area (Å²) in [6, 6.07) is 9.79. The molecule has 0 spiro atoms. The maximum atomic E-state index is 9.55. The Morgan fingerprint density at radius 3 is 2.41 bits per heavy atom. The zero-order chi connectivity index (χ0) is 19.8. The molecule has 1 saturated carbocycles. The number of para-hydroxylation sites is 1. The number of aliphatic carboxylic acids is 2. The van der Waals surface area contributed by atoms with Crippen LogP contribution in [0.15, 0.2) is 36.4 Å². The highest BCUT2D eigenvalue weighted by Crippen LogP contribution is 2.41. The van der Waals surface area contributed by atoms with Gasteiger partial charge in [0.25, 0.3) is 0 Å². The molecule has 0 radical (unpaired) electrons. The highest BCUT2D eigenvalue weighted by atomic mass is 16.4. The van der Waals surface area contributed by atoms with Crippen molar-refractivity contribution in [3.05, 3.63) is 42.0 Å². The van der Waals surface area contributed by atoms with Gasteiger partial charge in [0.2, 0.25) is 0 Å². The lowest BCUT2D eigenvalue weighted by molar-refractivity contribution is -0.134. The van der Waals surface area contributed by atoms with Crippen molar-refractivity contribution in [2.75, 3.05) is 11.9 Å². The minimum Gasteiger partial charge on any atom is -0.478 e. The molecule has 1 aromatic rings. The van der Waals surface area contributed by atoms with Crippen LogP contribution >= 0.6 is 0 Å². The lowest BCUT2D eigenvalue weighted by Gasteiger charge is -2.49. The quantitative estimate of drug-likeness (QED) is 0.686. The van der Waals surface area contributed by atoms with Gasteiger partial charge in [-0.3, -0.25) is 0 Å². The Bertz CT molecular complexity index is 654. The monoisotopic (exact) mass is 374 g/mol. The molecule has 1 heterocycles. The van der Waals surface area contributed by atoms with Crippen molar-refractivity contribution in [1.82, 2.24) is 5.32 Å². The second-order valence-corrected chi connectivity index (χ2v) is 7.07. The lowest BCUT2D eigenvalue weighted by atomic mass is 9.76. The van der Waals surface area contributed by atoms with E-state index in [1.807, 2.05) is 0 Å². The van der Waals surface area contributed by atoms with Crippen molar-refractivity contribution < 1.29 is 19.8 Å². The average molecular weight is 374 g/mol. The number of hydrogen-bond donors (Lipinski definition) is 3. The van der Waals surface area contributed by atoms with Gasteiger partial charge in [0, 0.05) is 23.9 Å². The Hall–Kier alpha value is -2.34. The average Bonchev–Trinajstić information content (AvgIpc) is 2.67. The van der Waals surface area contributed by atoms with Crippen LogP contribution < -0.4 is 10.2 Å². The number of rotatable bonds is 5. The highest BCUT2D eigenvalue weighted by molar-refractivity contribution is 5.89. The van der Waals surface area contributed by atoms with E-state index < -0.39 is 11.9 Å². The first kappa shape index (κ1) is 21.0. The maximum absolute atomic E-state index is 9.55. The summed E-state index contributed by atoms with van der Waals surface area (Å²) in [4.78, 5) is 21.8. The van der Waals surface area contributed by atoms with Crippen LogP contribution in [-0.4, -0.2) is 41.4 Å². The number of anilines is 1. The van der Waals surface area contributed by atoms with Gasteiger partial charge in [0.05, 0.1) is 6.17 Å². The first-order chi connectivity index (χ1) is 13.0. The van der Waals surface area contributed by atoms with Gasteiger partial charge in [-0.2, -0.15) is 0 Å². The molecule has 0 bridgehead atoms. The standard InChI is InChI=1S/C17H26N2.C4H4O4/c1-3-17(18-2)19-15-10-6-4-8-13(15)12-14-9-5-7-11-16(14)19;5-3(6)1-2-4(7)8/h4,6,8,10,14,16-18H,3,5,7,9,11-12H2,1-2H3;1-2H,(H,5,6)(H,7,8)/b;2-1-/t14-,16+,17?;/m0./s1. The van der Waals surface area contributed by atoms with E-state index in [9.17, 15) is 9.59 Å². The topological polar surface area (TPSA) is 89.9 Å². The Kier molecular flexibility index (Phi) is 7.85. The van der Waals surface area contributed by atoms with Crippen LogP contribution in [0.25, 0.3) is 0 Å². The number of benzene rings is 1. The summed E-state index contributed by atoms with van der Waals surface area (Å²) in [6.45, 7) is 2.29. The molecule has 6 nitrogen and oxygen atoms in total. The number of carboxylic acid groups (broad SMARTS) is 2. The van der Waals surface area contributed by atoms with Crippen LogP contribution in [0.2, 0.25) is 0 Å². The third kappa shape index (κ3) is 5.57. The van der Waals surface area contributed by atoms with E-state index in [1.165, 1.54) is 37.8 Å². The minimum atomic E-state index is -1.26. The highest BCUT2D eigenvalue weighted by Gasteiger charge is 2.37. The van der Waals surface area contributed by atoms with Gasteiger partial charge in [-0.1, -0.05) is 38.0 Å². The number of nitrogens with zero attached hydrogens (tertiary/aromatic N) is 1. The van der Waals surface area contributed by atoms with Crippen molar-refractivity contribution in [3.63, 3.8) is 0 Å². The minimum absolute atomic E-state index is 0.479. The molecule has 1 fully saturated rings. The molecule has 6 heteroatoms.